The maximum atomic E-state index is 10.4. The summed E-state index contributed by atoms with van der Waals surface area (Å²) in [5.74, 6) is -0.551. The van der Waals surface area contributed by atoms with E-state index in [0.29, 0.717) is 11.4 Å². The molecule has 1 aromatic heterocycles. The molecule has 0 unspecified atom stereocenters. The summed E-state index contributed by atoms with van der Waals surface area (Å²) in [5.41, 5.74) is 2.20. The molecule has 0 fully saturated rings. The highest BCUT2D eigenvalue weighted by molar-refractivity contribution is 6.34. The maximum absolute atomic E-state index is 10.4. The van der Waals surface area contributed by atoms with Crippen LogP contribution >= 0.6 is 11.6 Å². The highest BCUT2D eigenvalue weighted by Crippen LogP contribution is 2.46. The van der Waals surface area contributed by atoms with Crippen LogP contribution in [0.4, 0.5) is 11.4 Å². The third kappa shape index (κ3) is 2.78. The Kier molecular flexibility index (Phi) is 4.04. The van der Waals surface area contributed by atoms with Crippen LogP contribution in [-0.4, -0.2) is 14.8 Å². The van der Waals surface area contributed by atoms with E-state index < -0.39 is 0 Å². The van der Waals surface area contributed by atoms with E-state index in [0.717, 1.165) is 5.56 Å². The van der Waals surface area contributed by atoms with Gasteiger partial charge in [-0.15, -0.1) is 5.11 Å². The molecular formula is C17H14ClN3O2. The van der Waals surface area contributed by atoms with Gasteiger partial charge in [-0.3, -0.25) is 0 Å². The van der Waals surface area contributed by atoms with Gasteiger partial charge in [0.1, 0.15) is 5.02 Å². The number of nitrogens with zero attached hydrogens (tertiary/aromatic N) is 3. The van der Waals surface area contributed by atoms with Crippen molar-refractivity contribution in [1.29, 1.82) is 0 Å². The molecule has 0 aliphatic carbocycles. The summed E-state index contributed by atoms with van der Waals surface area (Å²) in [6, 6.07) is 16.3. The number of aromatic nitrogens is 1. The zero-order valence-electron chi connectivity index (χ0n) is 12.3. The molecule has 6 heteroatoms. The minimum atomic E-state index is -0.283. The Hall–Kier alpha value is -2.79. The molecule has 0 saturated carbocycles. The fourth-order valence-corrected chi connectivity index (χ4v) is 2.41. The smallest absolute Gasteiger partial charge is 0.228 e. The maximum Gasteiger partial charge on any atom is 0.228 e. The van der Waals surface area contributed by atoms with Crippen molar-refractivity contribution in [2.24, 2.45) is 10.2 Å². The first-order chi connectivity index (χ1) is 11.1. The molecule has 0 spiro atoms. The average Bonchev–Trinajstić information content (AvgIpc) is 2.78. The number of azo groups is 1. The third-order valence-corrected chi connectivity index (χ3v) is 3.78. The largest absolute Gasteiger partial charge is 0.493 e. The van der Waals surface area contributed by atoms with Crippen LogP contribution in [0.2, 0.25) is 5.02 Å². The molecule has 2 aromatic carbocycles. The van der Waals surface area contributed by atoms with E-state index >= 15 is 0 Å². The quantitative estimate of drug-likeness (QED) is 0.644. The van der Waals surface area contributed by atoms with Gasteiger partial charge in [0.05, 0.1) is 11.4 Å². The first-order valence-electron chi connectivity index (χ1n) is 6.94. The Labute approximate surface area is 138 Å². The minimum absolute atomic E-state index is 0.0243. The molecule has 5 nitrogen and oxygen atoms in total. The van der Waals surface area contributed by atoms with Crippen molar-refractivity contribution in [3.8, 4) is 17.4 Å². The molecule has 0 saturated heterocycles. The van der Waals surface area contributed by atoms with Gasteiger partial charge in [-0.25, -0.2) is 4.57 Å². The molecule has 0 atom stereocenters. The predicted molar refractivity (Wildman–Crippen MR) is 89.5 cm³/mol. The van der Waals surface area contributed by atoms with E-state index in [9.17, 15) is 10.2 Å². The molecule has 0 amide bonds. The molecule has 0 radical (unpaired) electrons. The van der Waals surface area contributed by atoms with Gasteiger partial charge in [0.15, 0.2) is 5.69 Å². The van der Waals surface area contributed by atoms with Crippen LogP contribution in [-0.2, 0) is 0 Å². The van der Waals surface area contributed by atoms with Crippen molar-refractivity contribution in [2.75, 3.05) is 0 Å². The van der Waals surface area contributed by atoms with Gasteiger partial charge < -0.3 is 10.2 Å². The zero-order valence-corrected chi connectivity index (χ0v) is 13.1. The van der Waals surface area contributed by atoms with E-state index in [-0.39, 0.29) is 22.5 Å². The van der Waals surface area contributed by atoms with Gasteiger partial charge in [0.2, 0.25) is 11.8 Å². The molecule has 116 valence electrons. The number of aromatic hydroxyl groups is 2. The van der Waals surface area contributed by atoms with Crippen molar-refractivity contribution in [1.82, 2.24) is 4.57 Å². The summed E-state index contributed by atoms with van der Waals surface area (Å²) in [6.07, 6.45) is 0. The Balaban J connectivity index is 2.07. The summed E-state index contributed by atoms with van der Waals surface area (Å²) >= 11 is 6.09. The number of aryl methyl sites for hydroxylation is 1. The van der Waals surface area contributed by atoms with Gasteiger partial charge in [0.25, 0.3) is 0 Å². The van der Waals surface area contributed by atoms with E-state index in [2.05, 4.69) is 10.2 Å². The van der Waals surface area contributed by atoms with Crippen LogP contribution in [0.15, 0.2) is 64.8 Å². The van der Waals surface area contributed by atoms with E-state index in [4.69, 9.17) is 11.6 Å². The number of rotatable bonds is 3. The van der Waals surface area contributed by atoms with Crippen LogP contribution < -0.4 is 0 Å². The number of halogens is 1. The highest BCUT2D eigenvalue weighted by Gasteiger charge is 2.22. The molecule has 1 heterocycles. The molecular weight excluding hydrogens is 314 g/mol. The second kappa shape index (κ2) is 6.14. The molecule has 2 N–H and O–H groups in total. The number of hydrogen-bond acceptors (Lipinski definition) is 4. The van der Waals surface area contributed by atoms with Gasteiger partial charge in [0, 0.05) is 0 Å². The van der Waals surface area contributed by atoms with Crippen LogP contribution in [0, 0.1) is 6.92 Å². The molecule has 0 bridgehead atoms. The molecule has 3 aromatic rings. The lowest BCUT2D eigenvalue weighted by Crippen LogP contribution is -1.91. The molecule has 0 aliphatic rings. The SMILES string of the molecule is Cc1ccccc1N=Nc1c(Cl)c(O)n(-c2ccccc2)c1O. The Morgan fingerprint density at radius 1 is 0.870 bits per heavy atom. The van der Waals surface area contributed by atoms with Crippen molar-refractivity contribution in [3.63, 3.8) is 0 Å². The third-order valence-electron chi connectivity index (χ3n) is 3.43. The number of para-hydroxylation sites is 1. The highest BCUT2D eigenvalue weighted by atomic mass is 35.5. The van der Waals surface area contributed by atoms with Gasteiger partial charge in [-0.1, -0.05) is 48.0 Å². The fourth-order valence-electron chi connectivity index (χ4n) is 2.20. The van der Waals surface area contributed by atoms with E-state index in [1.54, 1.807) is 30.3 Å². The standard InChI is InChI=1S/C17H14ClN3O2/c1-11-7-5-6-10-13(11)19-20-15-14(18)16(22)21(17(15)23)12-8-3-2-4-9-12/h2-10,22-23H,1H3. The second-order valence-electron chi connectivity index (χ2n) is 4.97. The van der Waals surface area contributed by atoms with E-state index in [1.165, 1.54) is 4.57 Å². The van der Waals surface area contributed by atoms with Crippen molar-refractivity contribution in [3.05, 3.63) is 65.2 Å². The Morgan fingerprint density at radius 2 is 1.52 bits per heavy atom. The van der Waals surface area contributed by atoms with Crippen LogP contribution in [0.25, 0.3) is 5.69 Å². The first-order valence-corrected chi connectivity index (χ1v) is 7.32. The lowest BCUT2D eigenvalue weighted by atomic mass is 10.2. The molecule has 3 rings (SSSR count). The fraction of sp³-hybridized carbons (Fsp3) is 0.0588. The van der Waals surface area contributed by atoms with Crippen LogP contribution in [0.3, 0.4) is 0 Å². The monoisotopic (exact) mass is 327 g/mol. The normalized spacial score (nSPS) is 11.2. The Morgan fingerprint density at radius 3 is 2.22 bits per heavy atom. The summed E-state index contributed by atoms with van der Waals surface area (Å²) in [5, 5.41) is 28.6. The number of hydrogen-bond donors (Lipinski definition) is 2. The van der Waals surface area contributed by atoms with E-state index in [1.807, 2.05) is 31.2 Å². The lowest BCUT2D eigenvalue weighted by molar-refractivity contribution is 0.403. The average molecular weight is 328 g/mol. The summed E-state index contributed by atoms with van der Waals surface area (Å²) in [7, 11) is 0. The van der Waals surface area contributed by atoms with Gasteiger partial charge in [-0.05, 0) is 30.7 Å². The van der Waals surface area contributed by atoms with Crippen molar-refractivity contribution < 1.29 is 10.2 Å². The van der Waals surface area contributed by atoms with Crippen molar-refractivity contribution in [2.45, 2.75) is 6.92 Å². The summed E-state index contributed by atoms with van der Waals surface area (Å²) in [6.45, 7) is 1.91. The first kappa shape index (κ1) is 15.1. The van der Waals surface area contributed by atoms with Gasteiger partial charge >= 0.3 is 0 Å². The summed E-state index contributed by atoms with van der Waals surface area (Å²) < 4.78 is 1.22. The van der Waals surface area contributed by atoms with Crippen LogP contribution in [0.1, 0.15) is 5.56 Å². The zero-order chi connectivity index (χ0) is 16.4. The Bertz CT molecular complexity index is 873. The minimum Gasteiger partial charge on any atom is -0.493 e. The van der Waals surface area contributed by atoms with Crippen molar-refractivity contribution >= 4 is 23.0 Å². The molecule has 23 heavy (non-hydrogen) atoms. The molecule has 0 aliphatic heterocycles. The van der Waals surface area contributed by atoms with Gasteiger partial charge in [-0.2, -0.15) is 5.11 Å². The topological polar surface area (TPSA) is 70.1 Å². The summed E-state index contributed by atoms with van der Waals surface area (Å²) in [4.78, 5) is 0. The number of benzene rings is 2. The second-order valence-corrected chi connectivity index (χ2v) is 5.35. The predicted octanol–water partition coefficient (Wildman–Crippen LogP) is 5.27. The lowest BCUT2D eigenvalue weighted by Gasteiger charge is -2.05. The van der Waals surface area contributed by atoms with Crippen LogP contribution in [0.5, 0.6) is 11.8 Å².